The van der Waals surface area contributed by atoms with Gasteiger partial charge in [0.15, 0.2) is 0 Å². The van der Waals surface area contributed by atoms with Crippen molar-refractivity contribution >= 4 is 29.1 Å². The fourth-order valence-corrected chi connectivity index (χ4v) is 2.42. The second-order valence-electron chi connectivity index (χ2n) is 5.10. The predicted octanol–water partition coefficient (Wildman–Crippen LogP) is 3.81. The molecule has 2 aromatic carbocycles. The van der Waals surface area contributed by atoms with Gasteiger partial charge in [-0.2, -0.15) is 0 Å². The highest BCUT2D eigenvalue weighted by molar-refractivity contribution is 6.42. The van der Waals surface area contributed by atoms with Crippen LogP contribution >= 0.6 is 23.2 Å². The summed E-state index contributed by atoms with van der Waals surface area (Å²) < 4.78 is 5.08. The Balaban J connectivity index is 2.05. The van der Waals surface area contributed by atoms with Crippen LogP contribution in [-0.4, -0.2) is 36.6 Å². The molecule has 1 unspecified atom stereocenters. The van der Waals surface area contributed by atoms with Gasteiger partial charge in [0.2, 0.25) is 0 Å². The van der Waals surface area contributed by atoms with Crippen molar-refractivity contribution in [2.75, 3.05) is 20.7 Å². The first-order valence-corrected chi connectivity index (χ1v) is 7.70. The Morgan fingerprint density at radius 3 is 2.39 bits per heavy atom. The fourth-order valence-electron chi connectivity index (χ4n) is 2.12. The van der Waals surface area contributed by atoms with E-state index in [4.69, 9.17) is 27.9 Å². The minimum Gasteiger partial charge on any atom is -0.497 e. The van der Waals surface area contributed by atoms with Crippen LogP contribution in [0.3, 0.4) is 0 Å². The summed E-state index contributed by atoms with van der Waals surface area (Å²) in [6, 6.07) is 11.8. The molecule has 6 heteroatoms. The quantitative estimate of drug-likeness (QED) is 0.888. The number of methoxy groups -OCH3 is 1. The zero-order valence-corrected chi connectivity index (χ0v) is 14.3. The van der Waals surface area contributed by atoms with Gasteiger partial charge in [0.1, 0.15) is 5.75 Å². The van der Waals surface area contributed by atoms with Crippen LogP contribution < -0.4 is 4.74 Å². The van der Waals surface area contributed by atoms with Crippen LogP contribution in [0.2, 0.25) is 10.0 Å². The van der Waals surface area contributed by atoms with Crippen molar-refractivity contribution in [1.82, 2.24) is 4.90 Å². The highest BCUT2D eigenvalue weighted by atomic mass is 35.5. The molecule has 0 fully saturated rings. The summed E-state index contributed by atoms with van der Waals surface area (Å²) in [6.07, 6.45) is -0.794. The van der Waals surface area contributed by atoms with Gasteiger partial charge >= 0.3 is 0 Å². The lowest BCUT2D eigenvalue weighted by Gasteiger charge is -2.21. The molecule has 0 saturated carbocycles. The van der Waals surface area contributed by atoms with E-state index < -0.39 is 6.10 Å². The number of hydrogen-bond donors (Lipinski definition) is 1. The molecule has 4 nitrogen and oxygen atoms in total. The zero-order chi connectivity index (χ0) is 17.0. The van der Waals surface area contributed by atoms with Crippen LogP contribution in [-0.2, 0) is 0 Å². The van der Waals surface area contributed by atoms with Gasteiger partial charge in [0.25, 0.3) is 5.91 Å². The van der Waals surface area contributed by atoms with Gasteiger partial charge in [-0.25, -0.2) is 0 Å². The molecule has 0 bridgehead atoms. The molecule has 0 radical (unpaired) electrons. The van der Waals surface area contributed by atoms with Gasteiger partial charge in [0.05, 0.1) is 29.8 Å². The highest BCUT2D eigenvalue weighted by Crippen LogP contribution is 2.24. The summed E-state index contributed by atoms with van der Waals surface area (Å²) >= 11 is 11.8. The molecule has 0 aliphatic rings. The summed E-state index contributed by atoms with van der Waals surface area (Å²) in [5.41, 5.74) is 1.13. The van der Waals surface area contributed by atoms with E-state index in [1.165, 1.54) is 11.0 Å². The molecule has 0 spiro atoms. The number of ether oxygens (including phenoxy) is 1. The van der Waals surface area contributed by atoms with E-state index in [1.807, 2.05) is 0 Å². The number of aliphatic hydroxyl groups excluding tert-OH is 1. The number of likely N-dealkylation sites (N-methyl/N-ethyl adjacent to an activating group) is 1. The Labute approximate surface area is 145 Å². The first-order chi connectivity index (χ1) is 10.9. The average molecular weight is 354 g/mol. The maximum Gasteiger partial charge on any atom is 0.253 e. The normalized spacial score (nSPS) is 11.9. The maximum absolute atomic E-state index is 12.4. The lowest BCUT2D eigenvalue weighted by atomic mass is 10.1. The molecule has 1 N–H and O–H groups in total. The minimum atomic E-state index is -0.794. The number of nitrogens with zero attached hydrogens (tertiary/aromatic N) is 1. The number of rotatable bonds is 5. The standard InChI is InChI=1S/C17H17Cl2NO3/c1-20(17(22)12-5-8-14(18)15(19)9-12)10-16(21)11-3-6-13(23-2)7-4-11/h3-9,16,21H,10H2,1-2H3. The topological polar surface area (TPSA) is 49.8 Å². The molecule has 0 saturated heterocycles. The van der Waals surface area contributed by atoms with Crippen LogP contribution in [0.15, 0.2) is 42.5 Å². The maximum atomic E-state index is 12.4. The Morgan fingerprint density at radius 2 is 1.83 bits per heavy atom. The molecule has 0 aliphatic carbocycles. The van der Waals surface area contributed by atoms with Crippen molar-refractivity contribution in [3.05, 3.63) is 63.6 Å². The van der Waals surface area contributed by atoms with Gasteiger partial charge in [-0.1, -0.05) is 35.3 Å². The molecular formula is C17H17Cl2NO3. The second-order valence-corrected chi connectivity index (χ2v) is 5.92. The number of amides is 1. The highest BCUT2D eigenvalue weighted by Gasteiger charge is 2.17. The van der Waals surface area contributed by atoms with Crippen molar-refractivity contribution in [3.8, 4) is 5.75 Å². The lowest BCUT2D eigenvalue weighted by molar-refractivity contribution is 0.0681. The molecule has 0 heterocycles. The largest absolute Gasteiger partial charge is 0.497 e. The molecule has 0 aromatic heterocycles. The van der Waals surface area contributed by atoms with E-state index in [0.717, 1.165) is 0 Å². The van der Waals surface area contributed by atoms with Crippen molar-refractivity contribution < 1.29 is 14.6 Å². The fraction of sp³-hybridized carbons (Fsp3) is 0.235. The Bertz CT molecular complexity index is 689. The third-order valence-electron chi connectivity index (χ3n) is 3.46. The summed E-state index contributed by atoms with van der Waals surface area (Å²) in [4.78, 5) is 13.8. The minimum absolute atomic E-state index is 0.158. The van der Waals surface area contributed by atoms with Crippen LogP contribution in [0.4, 0.5) is 0 Å². The van der Waals surface area contributed by atoms with E-state index in [2.05, 4.69) is 0 Å². The monoisotopic (exact) mass is 353 g/mol. The number of hydrogen-bond acceptors (Lipinski definition) is 3. The van der Waals surface area contributed by atoms with Crippen molar-refractivity contribution in [3.63, 3.8) is 0 Å². The summed E-state index contributed by atoms with van der Waals surface area (Å²) in [6.45, 7) is 0.158. The Kier molecular flexibility index (Phi) is 5.88. The molecule has 2 rings (SSSR count). The van der Waals surface area contributed by atoms with E-state index in [1.54, 1.807) is 50.6 Å². The smallest absolute Gasteiger partial charge is 0.253 e. The zero-order valence-electron chi connectivity index (χ0n) is 12.8. The van der Waals surface area contributed by atoms with E-state index in [9.17, 15) is 9.90 Å². The Morgan fingerprint density at radius 1 is 1.17 bits per heavy atom. The van der Waals surface area contributed by atoms with E-state index in [-0.39, 0.29) is 12.5 Å². The molecule has 122 valence electrons. The Hall–Kier alpha value is -1.75. The average Bonchev–Trinajstić information content (AvgIpc) is 2.56. The SMILES string of the molecule is COc1ccc(C(O)CN(C)C(=O)c2ccc(Cl)c(Cl)c2)cc1. The van der Waals surface area contributed by atoms with Crippen LogP contribution in [0, 0.1) is 0 Å². The number of carbonyl (C=O) groups excluding carboxylic acids is 1. The third-order valence-corrected chi connectivity index (χ3v) is 4.20. The van der Waals surface area contributed by atoms with Crippen LogP contribution in [0.25, 0.3) is 0 Å². The molecule has 1 amide bonds. The van der Waals surface area contributed by atoms with Crippen molar-refractivity contribution in [2.45, 2.75) is 6.10 Å². The van der Waals surface area contributed by atoms with Crippen LogP contribution in [0.1, 0.15) is 22.0 Å². The molecule has 2 aromatic rings. The first-order valence-electron chi connectivity index (χ1n) is 6.95. The number of benzene rings is 2. The molecule has 0 aliphatic heterocycles. The summed E-state index contributed by atoms with van der Waals surface area (Å²) in [5.74, 6) is 0.470. The van der Waals surface area contributed by atoms with Crippen molar-refractivity contribution in [2.24, 2.45) is 0 Å². The second kappa shape index (κ2) is 7.68. The lowest BCUT2D eigenvalue weighted by Crippen LogP contribution is -2.31. The molecule has 23 heavy (non-hydrogen) atoms. The number of carbonyl (C=O) groups is 1. The number of aliphatic hydroxyl groups is 1. The van der Waals surface area contributed by atoms with Crippen molar-refractivity contribution in [1.29, 1.82) is 0 Å². The van der Waals surface area contributed by atoms with Crippen LogP contribution in [0.5, 0.6) is 5.75 Å². The molecule has 1 atom stereocenters. The summed E-state index contributed by atoms with van der Waals surface area (Å²) in [5, 5.41) is 11.0. The first kappa shape index (κ1) is 17.6. The number of halogens is 2. The third kappa shape index (κ3) is 4.38. The van der Waals surface area contributed by atoms with E-state index >= 15 is 0 Å². The molecular weight excluding hydrogens is 337 g/mol. The van der Waals surface area contributed by atoms with Gasteiger partial charge in [0, 0.05) is 12.6 Å². The predicted molar refractivity (Wildman–Crippen MR) is 91.4 cm³/mol. The van der Waals surface area contributed by atoms with Gasteiger partial charge in [-0.15, -0.1) is 0 Å². The van der Waals surface area contributed by atoms with E-state index in [0.29, 0.717) is 26.9 Å². The van der Waals surface area contributed by atoms with Gasteiger partial charge in [-0.05, 0) is 35.9 Å². The van der Waals surface area contributed by atoms with Gasteiger partial charge in [-0.3, -0.25) is 4.79 Å². The van der Waals surface area contributed by atoms with Gasteiger partial charge < -0.3 is 14.7 Å². The summed E-state index contributed by atoms with van der Waals surface area (Å²) in [7, 11) is 3.20.